The summed E-state index contributed by atoms with van der Waals surface area (Å²) in [6.45, 7) is -0.629. The molecule has 20 heavy (non-hydrogen) atoms. The molecule has 0 aromatic carbocycles. The van der Waals surface area contributed by atoms with E-state index in [9.17, 15) is 20.4 Å². The lowest BCUT2D eigenvalue weighted by Crippen LogP contribution is -2.38. The van der Waals surface area contributed by atoms with Crippen molar-refractivity contribution < 1.29 is 44.5 Å². The molecule has 9 nitrogen and oxygen atoms in total. The molecule has 0 unspecified atom stereocenters. The molecule has 5 N–H and O–H groups in total. The maximum absolute atomic E-state index is 9.72. The van der Waals surface area contributed by atoms with Crippen molar-refractivity contribution in [3.8, 4) is 0 Å². The topological polar surface area (TPSA) is 138 Å². The zero-order valence-electron chi connectivity index (χ0n) is 10.9. The number of rotatable bonds is 5. The van der Waals surface area contributed by atoms with Crippen molar-refractivity contribution in [3.05, 3.63) is 0 Å². The largest absolute Gasteiger partial charge is 0.394 e. The first-order chi connectivity index (χ1) is 9.49. The second-order valence-electron chi connectivity index (χ2n) is 4.80. The maximum atomic E-state index is 9.72. The summed E-state index contributed by atoms with van der Waals surface area (Å²) in [4.78, 5) is 0. The third-order valence-electron chi connectivity index (χ3n) is 3.47. The normalized spacial score (nSPS) is 48.9. The van der Waals surface area contributed by atoms with Gasteiger partial charge in [0.05, 0.1) is 13.2 Å². The Kier molecular flexibility index (Phi) is 5.29. The van der Waals surface area contributed by atoms with Gasteiger partial charge in [0.15, 0.2) is 12.6 Å². The molecule has 2 fully saturated rings. The van der Waals surface area contributed by atoms with Crippen LogP contribution in [0.5, 0.6) is 0 Å². The van der Waals surface area contributed by atoms with Gasteiger partial charge in [-0.2, -0.15) is 0 Å². The second kappa shape index (κ2) is 6.60. The molecule has 0 bridgehead atoms. The molecule has 118 valence electrons. The van der Waals surface area contributed by atoms with E-state index in [1.54, 1.807) is 0 Å². The minimum Gasteiger partial charge on any atom is -0.394 e. The molecule has 2 saturated heterocycles. The lowest BCUT2D eigenvalue weighted by atomic mass is 10.1. The van der Waals surface area contributed by atoms with Crippen LogP contribution < -0.4 is 0 Å². The zero-order chi connectivity index (χ0) is 14.9. The smallest absolute Gasteiger partial charge is 0.186 e. The molecule has 0 aromatic heterocycles. The Morgan fingerprint density at radius 1 is 0.850 bits per heavy atom. The highest BCUT2D eigenvalue weighted by Crippen LogP contribution is 2.25. The molecular weight excluding hydrogens is 276 g/mol. The summed E-state index contributed by atoms with van der Waals surface area (Å²) in [5, 5.41) is 47.4. The van der Waals surface area contributed by atoms with E-state index < -0.39 is 55.8 Å². The average molecular weight is 296 g/mol. The average Bonchev–Trinajstić information content (AvgIpc) is 2.88. The van der Waals surface area contributed by atoms with Crippen molar-refractivity contribution in [1.82, 2.24) is 0 Å². The van der Waals surface area contributed by atoms with Gasteiger partial charge in [-0.05, 0) is 0 Å². The van der Waals surface area contributed by atoms with Gasteiger partial charge in [0, 0.05) is 7.11 Å². The van der Waals surface area contributed by atoms with Crippen molar-refractivity contribution in [3.63, 3.8) is 0 Å². The van der Waals surface area contributed by atoms with Crippen LogP contribution >= 0.6 is 0 Å². The van der Waals surface area contributed by atoms with Crippen LogP contribution in [0.15, 0.2) is 0 Å². The summed E-state index contributed by atoms with van der Waals surface area (Å²) in [6, 6.07) is 0. The van der Waals surface area contributed by atoms with E-state index in [1.807, 2.05) is 0 Å². The number of methoxy groups -OCH3 is 1. The molecule has 9 heteroatoms. The molecule has 0 aromatic rings. The SMILES string of the molecule is CO[C@H]1O[C@H](CO[C@H]2O[C@H](CO)[C@@H](O)[C@@H]2O)[C@@H](O)[C@@H]1O. The summed E-state index contributed by atoms with van der Waals surface area (Å²) in [5.74, 6) is 0. The van der Waals surface area contributed by atoms with Crippen molar-refractivity contribution in [2.45, 2.75) is 49.2 Å². The fourth-order valence-electron chi connectivity index (χ4n) is 2.24. The van der Waals surface area contributed by atoms with Crippen LogP contribution in [0.3, 0.4) is 0 Å². The molecule has 8 atom stereocenters. The number of aliphatic hydroxyl groups is 5. The summed E-state index contributed by atoms with van der Waals surface area (Å²) in [6.07, 6.45) is -8.83. The highest BCUT2D eigenvalue weighted by Gasteiger charge is 2.46. The van der Waals surface area contributed by atoms with Crippen LogP contribution in [0.2, 0.25) is 0 Å². The molecule has 2 aliphatic rings. The molecule has 2 aliphatic heterocycles. The molecule has 2 heterocycles. The van der Waals surface area contributed by atoms with Crippen molar-refractivity contribution in [2.24, 2.45) is 0 Å². The molecular formula is C11H20O9. The fourth-order valence-corrected chi connectivity index (χ4v) is 2.24. The first kappa shape index (κ1) is 16.0. The van der Waals surface area contributed by atoms with Gasteiger partial charge in [-0.15, -0.1) is 0 Å². The second-order valence-corrected chi connectivity index (χ2v) is 4.80. The monoisotopic (exact) mass is 296 g/mol. The van der Waals surface area contributed by atoms with Gasteiger partial charge in [0.25, 0.3) is 0 Å². The van der Waals surface area contributed by atoms with E-state index in [2.05, 4.69) is 0 Å². The Labute approximate surface area is 115 Å². The number of hydrogen-bond donors (Lipinski definition) is 5. The van der Waals surface area contributed by atoms with Crippen LogP contribution in [0, 0.1) is 0 Å². The van der Waals surface area contributed by atoms with Gasteiger partial charge < -0.3 is 44.5 Å². The summed E-state index contributed by atoms with van der Waals surface area (Å²) in [5.41, 5.74) is 0. The van der Waals surface area contributed by atoms with E-state index in [4.69, 9.17) is 24.1 Å². The van der Waals surface area contributed by atoms with E-state index in [-0.39, 0.29) is 6.61 Å². The van der Waals surface area contributed by atoms with Crippen molar-refractivity contribution in [2.75, 3.05) is 20.3 Å². The van der Waals surface area contributed by atoms with Crippen LogP contribution in [0.1, 0.15) is 0 Å². The third-order valence-corrected chi connectivity index (χ3v) is 3.47. The quantitative estimate of drug-likeness (QED) is 0.350. The first-order valence-corrected chi connectivity index (χ1v) is 6.28. The molecule has 0 spiro atoms. The minimum absolute atomic E-state index is 0.176. The highest BCUT2D eigenvalue weighted by atomic mass is 16.7. The Morgan fingerprint density at radius 3 is 1.90 bits per heavy atom. The minimum atomic E-state index is -1.31. The number of aliphatic hydroxyl groups excluding tert-OH is 5. The molecule has 0 saturated carbocycles. The van der Waals surface area contributed by atoms with Gasteiger partial charge in [-0.25, -0.2) is 0 Å². The molecule has 0 aliphatic carbocycles. The fraction of sp³-hybridized carbons (Fsp3) is 1.00. The molecule has 2 rings (SSSR count). The van der Waals surface area contributed by atoms with E-state index in [0.717, 1.165) is 0 Å². The Morgan fingerprint density at radius 2 is 1.40 bits per heavy atom. The Balaban J connectivity index is 1.84. The third kappa shape index (κ3) is 2.96. The Hall–Kier alpha value is -0.360. The number of ether oxygens (including phenoxy) is 4. The van der Waals surface area contributed by atoms with E-state index in [1.165, 1.54) is 7.11 Å². The lowest BCUT2D eigenvalue weighted by molar-refractivity contribution is -0.201. The van der Waals surface area contributed by atoms with Gasteiger partial charge >= 0.3 is 0 Å². The van der Waals surface area contributed by atoms with Gasteiger partial charge in [-0.3, -0.25) is 0 Å². The van der Waals surface area contributed by atoms with Gasteiger partial charge in [0.1, 0.15) is 36.6 Å². The highest BCUT2D eigenvalue weighted by molar-refractivity contribution is 4.89. The molecule has 0 amide bonds. The van der Waals surface area contributed by atoms with Gasteiger partial charge in [-0.1, -0.05) is 0 Å². The van der Waals surface area contributed by atoms with Crippen molar-refractivity contribution in [1.29, 1.82) is 0 Å². The predicted octanol–water partition coefficient (Wildman–Crippen LogP) is -3.46. The van der Waals surface area contributed by atoms with Crippen molar-refractivity contribution >= 4 is 0 Å². The lowest BCUT2D eigenvalue weighted by Gasteiger charge is -2.19. The first-order valence-electron chi connectivity index (χ1n) is 6.28. The predicted molar refractivity (Wildman–Crippen MR) is 61.4 cm³/mol. The van der Waals surface area contributed by atoms with E-state index in [0.29, 0.717) is 0 Å². The van der Waals surface area contributed by atoms with E-state index >= 15 is 0 Å². The standard InChI is InChI=1S/C11H20O9/c1-17-10-8(15)7(14)5(20-10)3-18-11-9(16)6(13)4(2-12)19-11/h4-16H,2-3H2,1H3/t4-,5-,6-,7-,8+,9+,10+,11+/m1/s1. The van der Waals surface area contributed by atoms with Crippen LogP contribution in [-0.4, -0.2) is 95.1 Å². The van der Waals surface area contributed by atoms with Crippen LogP contribution in [-0.2, 0) is 18.9 Å². The zero-order valence-corrected chi connectivity index (χ0v) is 10.9. The summed E-state index contributed by atoms with van der Waals surface area (Å²) in [7, 11) is 1.33. The number of hydrogen-bond acceptors (Lipinski definition) is 9. The van der Waals surface area contributed by atoms with Crippen LogP contribution in [0.4, 0.5) is 0 Å². The maximum Gasteiger partial charge on any atom is 0.186 e. The molecule has 0 radical (unpaired) electrons. The summed E-state index contributed by atoms with van der Waals surface area (Å²) >= 11 is 0. The Bertz CT molecular complexity index is 284. The summed E-state index contributed by atoms with van der Waals surface area (Å²) < 4.78 is 20.4. The van der Waals surface area contributed by atoms with Gasteiger partial charge in [0.2, 0.25) is 0 Å². The van der Waals surface area contributed by atoms with Crippen LogP contribution in [0.25, 0.3) is 0 Å².